The summed E-state index contributed by atoms with van der Waals surface area (Å²) >= 11 is 18.0. The highest BCUT2D eigenvalue weighted by atomic mass is 35.5. The molecule has 0 aliphatic rings. The number of benzene rings is 3. The molecular formula is C19H13Cl3N2O2. The molecule has 0 saturated heterocycles. The molecule has 0 heterocycles. The van der Waals surface area contributed by atoms with E-state index in [0.29, 0.717) is 37.9 Å². The number of anilines is 2. The van der Waals surface area contributed by atoms with Crippen LogP contribution in [0.25, 0.3) is 0 Å². The van der Waals surface area contributed by atoms with E-state index in [1.165, 1.54) is 4.90 Å². The molecule has 0 spiro atoms. The highest BCUT2D eigenvalue weighted by Crippen LogP contribution is 2.39. The molecule has 0 bridgehead atoms. The second-order valence-corrected chi connectivity index (χ2v) is 6.57. The van der Waals surface area contributed by atoms with Gasteiger partial charge < -0.3 is 10.5 Å². The number of rotatable bonds is 4. The molecule has 0 aliphatic carbocycles. The number of urea groups is 1. The van der Waals surface area contributed by atoms with Gasteiger partial charge in [-0.05, 0) is 54.6 Å². The van der Waals surface area contributed by atoms with E-state index >= 15 is 0 Å². The number of hydrogen-bond acceptors (Lipinski definition) is 2. The maximum absolute atomic E-state index is 12.1. The van der Waals surface area contributed by atoms with Crippen LogP contribution in [0.1, 0.15) is 0 Å². The van der Waals surface area contributed by atoms with E-state index in [0.717, 1.165) is 0 Å². The molecule has 0 radical (unpaired) electrons. The summed E-state index contributed by atoms with van der Waals surface area (Å²) in [5, 5.41) is 1.40. The van der Waals surface area contributed by atoms with Crippen LogP contribution in [0.5, 0.6) is 11.5 Å². The second-order valence-electron chi connectivity index (χ2n) is 5.29. The smallest absolute Gasteiger partial charge is 0.324 e. The van der Waals surface area contributed by atoms with Gasteiger partial charge in [0, 0.05) is 10.0 Å². The summed E-state index contributed by atoms with van der Waals surface area (Å²) in [5.41, 5.74) is 6.63. The summed E-state index contributed by atoms with van der Waals surface area (Å²) < 4.78 is 5.91. The van der Waals surface area contributed by atoms with Gasteiger partial charge in [-0.3, -0.25) is 4.90 Å². The molecule has 0 fully saturated rings. The summed E-state index contributed by atoms with van der Waals surface area (Å²) in [7, 11) is 0. The molecule has 0 unspecified atom stereocenters. The summed E-state index contributed by atoms with van der Waals surface area (Å²) in [6, 6.07) is 18.0. The quantitative estimate of drug-likeness (QED) is 0.526. The first kappa shape index (κ1) is 18.4. The van der Waals surface area contributed by atoms with Crippen LogP contribution >= 0.6 is 34.8 Å². The molecule has 0 aromatic heterocycles. The fourth-order valence-corrected chi connectivity index (χ4v) is 2.95. The largest absolute Gasteiger partial charge is 0.454 e. The lowest BCUT2D eigenvalue weighted by molar-refractivity contribution is 0.256. The van der Waals surface area contributed by atoms with Crippen LogP contribution in [0.2, 0.25) is 15.1 Å². The molecule has 0 aliphatic heterocycles. The minimum Gasteiger partial charge on any atom is -0.454 e. The lowest BCUT2D eigenvalue weighted by Gasteiger charge is -2.23. The third-order valence-corrected chi connectivity index (χ3v) is 4.31. The van der Waals surface area contributed by atoms with E-state index in [1.54, 1.807) is 66.7 Å². The number of primary amides is 1. The number of ether oxygens (including phenoxy) is 1. The van der Waals surface area contributed by atoms with Gasteiger partial charge >= 0.3 is 6.03 Å². The topological polar surface area (TPSA) is 55.6 Å². The van der Waals surface area contributed by atoms with Crippen LogP contribution < -0.4 is 15.4 Å². The molecule has 3 aromatic carbocycles. The van der Waals surface area contributed by atoms with Crippen LogP contribution in [0.3, 0.4) is 0 Å². The van der Waals surface area contributed by atoms with Crippen molar-refractivity contribution in [2.75, 3.05) is 4.90 Å². The highest BCUT2D eigenvalue weighted by molar-refractivity contribution is 6.35. The molecule has 0 saturated carbocycles. The first-order valence-electron chi connectivity index (χ1n) is 7.53. The lowest BCUT2D eigenvalue weighted by Crippen LogP contribution is -2.31. The van der Waals surface area contributed by atoms with Crippen LogP contribution in [-0.4, -0.2) is 6.03 Å². The van der Waals surface area contributed by atoms with Crippen molar-refractivity contribution in [2.45, 2.75) is 0 Å². The SMILES string of the molecule is NC(=O)N(c1ccc(Cl)cc1)c1ccccc1Oc1ccc(Cl)cc1Cl. The van der Waals surface area contributed by atoms with E-state index in [2.05, 4.69) is 0 Å². The minimum absolute atomic E-state index is 0.351. The number of carbonyl (C=O) groups is 1. The van der Waals surface area contributed by atoms with Gasteiger partial charge in [-0.2, -0.15) is 0 Å². The van der Waals surface area contributed by atoms with Crippen LogP contribution in [0.4, 0.5) is 16.2 Å². The van der Waals surface area contributed by atoms with Crippen molar-refractivity contribution in [1.82, 2.24) is 0 Å². The van der Waals surface area contributed by atoms with Gasteiger partial charge in [-0.25, -0.2) is 4.79 Å². The highest BCUT2D eigenvalue weighted by Gasteiger charge is 2.20. The van der Waals surface area contributed by atoms with Crippen molar-refractivity contribution < 1.29 is 9.53 Å². The summed E-state index contributed by atoms with van der Waals surface area (Å²) in [4.78, 5) is 13.4. The molecule has 3 rings (SSSR count). The van der Waals surface area contributed by atoms with Crippen molar-refractivity contribution in [3.8, 4) is 11.5 Å². The third-order valence-electron chi connectivity index (χ3n) is 3.53. The standard InChI is InChI=1S/C19H13Cl3N2O2/c20-12-5-8-14(9-6-12)24(19(23)25)16-3-1-2-4-18(16)26-17-10-7-13(21)11-15(17)22/h1-11H,(H2,23,25). The summed E-state index contributed by atoms with van der Waals surface area (Å²) in [5.74, 6) is 0.814. The van der Waals surface area contributed by atoms with Crippen LogP contribution in [-0.2, 0) is 0 Å². The van der Waals surface area contributed by atoms with Crippen LogP contribution in [0.15, 0.2) is 66.7 Å². The molecule has 3 aromatic rings. The molecule has 0 atom stereocenters. The van der Waals surface area contributed by atoms with E-state index in [9.17, 15) is 4.79 Å². The monoisotopic (exact) mass is 406 g/mol. The Labute approximate surface area is 165 Å². The zero-order valence-electron chi connectivity index (χ0n) is 13.3. The van der Waals surface area contributed by atoms with Crippen LogP contribution in [0, 0.1) is 0 Å². The Hall–Kier alpha value is -2.40. The van der Waals surface area contributed by atoms with Crippen molar-refractivity contribution in [3.05, 3.63) is 81.8 Å². The van der Waals surface area contributed by atoms with Gasteiger partial charge in [0.1, 0.15) is 5.75 Å². The van der Waals surface area contributed by atoms with Crippen molar-refractivity contribution >= 4 is 52.2 Å². The predicted molar refractivity (Wildman–Crippen MR) is 106 cm³/mol. The fraction of sp³-hybridized carbons (Fsp3) is 0. The summed E-state index contributed by atoms with van der Waals surface area (Å²) in [6.45, 7) is 0. The first-order chi connectivity index (χ1) is 12.5. The molecular weight excluding hydrogens is 395 g/mol. The number of hydrogen-bond donors (Lipinski definition) is 1. The number of halogens is 3. The normalized spacial score (nSPS) is 10.4. The predicted octanol–water partition coefficient (Wildman–Crippen LogP) is 6.66. The number of nitrogens with two attached hydrogens (primary N) is 1. The Balaban J connectivity index is 2.04. The molecule has 132 valence electrons. The number of nitrogens with zero attached hydrogens (tertiary/aromatic N) is 1. The van der Waals surface area contributed by atoms with Gasteiger partial charge in [0.2, 0.25) is 0 Å². The lowest BCUT2D eigenvalue weighted by atomic mass is 10.2. The Kier molecular flexibility index (Phi) is 5.57. The van der Waals surface area contributed by atoms with E-state index < -0.39 is 6.03 Å². The maximum Gasteiger partial charge on any atom is 0.324 e. The Morgan fingerprint density at radius 1 is 0.846 bits per heavy atom. The van der Waals surface area contributed by atoms with E-state index in [4.69, 9.17) is 45.3 Å². The van der Waals surface area contributed by atoms with Crippen molar-refractivity contribution in [1.29, 1.82) is 0 Å². The molecule has 4 nitrogen and oxygen atoms in total. The molecule has 2 amide bonds. The molecule has 26 heavy (non-hydrogen) atoms. The average Bonchev–Trinajstić information content (AvgIpc) is 2.60. The Morgan fingerprint density at radius 2 is 1.50 bits per heavy atom. The van der Waals surface area contributed by atoms with Gasteiger partial charge in [-0.1, -0.05) is 46.9 Å². The van der Waals surface area contributed by atoms with Gasteiger partial charge in [0.15, 0.2) is 5.75 Å². The third kappa shape index (κ3) is 4.05. The second kappa shape index (κ2) is 7.87. The van der Waals surface area contributed by atoms with Gasteiger partial charge in [-0.15, -0.1) is 0 Å². The maximum atomic E-state index is 12.1. The Morgan fingerprint density at radius 3 is 2.15 bits per heavy atom. The van der Waals surface area contributed by atoms with Crippen molar-refractivity contribution in [3.63, 3.8) is 0 Å². The summed E-state index contributed by atoms with van der Waals surface area (Å²) in [6.07, 6.45) is 0. The zero-order valence-corrected chi connectivity index (χ0v) is 15.6. The molecule has 2 N–H and O–H groups in total. The number of amides is 2. The first-order valence-corrected chi connectivity index (χ1v) is 8.66. The van der Waals surface area contributed by atoms with Gasteiger partial charge in [0.05, 0.1) is 16.4 Å². The number of para-hydroxylation sites is 2. The zero-order chi connectivity index (χ0) is 18.7. The Bertz CT molecular complexity index is 946. The van der Waals surface area contributed by atoms with Crippen molar-refractivity contribution in [2.24, 2.45) is 5.73 Å². The fourth-order valence-electron chi connectivity index (χ4n) is 2.38. The minimum atomic E-state index is -0.662. The molecule has 7 heteroatoms. The average molecular weight is 408 g/mol. The van der Waals surface area contributed by atoms with Gasteiger partial charge in [0.25, 0.3) is 0 Å². The van der Waals surface area contributed by atoms with E-state index in [1.807, 2.05) is 0 Å². The number of carbonyl (C=O) groups excluding carboxylic acids is 1. The van der Waals surface area contributed by atoms with E-state index in [-0.39, 0.29) is 0 Å².